The number of nitrogens with one attached hydrogen (secondary N) is 1. The van der Waals surface area contributed by atoms with Crippen molar-refractivity contribution in [2.75, 3.05) is 18.5 Å². The van der Waals surface area contributed by atoms with Crippen molar-refractivity contribution in [2.45, 2.75) is 50.8 Å². The fourth-order valence-electron chi connectivity index (χ4n) is 3.85. The third kappa shape index (κ3) is 4.14. The molecular formula is C18H26N4O4S. The minimum atomic E-state index is -3.70. The van der Waals surface area contributed by atoms with Crippen LogP contribution in [0.3, 0.4) is 0 Å². The van der Waals surface area contributed by atoms with Crippen LogP contribution in [0, 0.1) is 22.0 Å². The summed E-state index contributed by atoms with van der Waals surface area (Å²) in [4.78, 5) is 10.9. The third-order valence-electron chi connectivity index (χ3n) is 5.46. The molecule has 1 saturated carbocycles. The zero-order valence-electron chi connectivity index (χ0n) is 15.7. The molecule has 0 spiro atoms. The van der Waals surface area contributed by atoms with Crippen molar-refractivity contribution in [3.05, 3.63) is 28.3 Å². The highest BCUT2D eigenvalue weighted by Crippen LogP contribution is 2.31. The van der Waals surface area contributed by atoms with Gasteiger partial charge in [0.2, 0.25) is 10.0 Å². The van der Waals surface area contributed by atoms with E-state index in [-0.39, 0.29) is 16.3 Å². The molecule has 1 aromatic carbocycles. The van der Waals surface area contributed by atoms with Crippen molar-refractivity contribution in [2.24, 2.45) is 16.9 Å². The molecule has 9 heteroatoms. The molecule has 1 aromatic rings. The second-order valence-electron chi connectivity index (χ2n) is 7.43. The number of hydrogen-bond donors (Lipinski definition) is 1. The van der Waals surface area contributed by atoms with E-state index in [1.165, 1.54) is 16.4 Å². The molecule has 0 aromatic heterocycles. The Bertz CT molecular complexity index is 835. The first-order chi connectivity index (χ1) is 12.8. The largest absolute Gasteiger partial charge is 0.295 e. The van der Waals surface area contributed by atoms with Crippen LogP contribution in [0.5, 0.6) is 0 Å². The SMILES string of the molecule is C[C@H]1CCC[C@H](C)C1=NNc1ccc(S(=O)(=O)N2CCCC2)cc1[N+](=O)[O-]. The first-order valence-electron chi connectivity index (χ1n) is 9.43. The quantitative estimate of drug-likeness (QED) is 0.607. The Morgan fingerprint density at radius 3 is 2.37 bits per heavy atom. The summed E-state index contributed by atoms with van der Waals surface area (Å²) in [7, 11) is -3.70. The highest BCUT2D eigenvalue weighted by atomic mass is 32.2. The first-order valence-corrected chi connectivity index (χ1v) is 10.9. The van der Waals surface area contributed by atoms with Gasteiger partial charge in [-0.25, -0.2) is 8.42 Å². The van der Waals surface area contributed by atoms with E-state index in [2.05, 4.69) is 24.4 Å². The van der Waals surface area contributed by atoms with E-state index in [1.54, 1.807) is 0 Å². The summed E-state index contributed by atoms with van der Waals surface area (Å²) in [5.41, 5.74) is 3.74. The summed E-state index contributed by atoms with van der Waals surface area (Å²) in [5, 5.41) is 15.9. The molecule has 0 unspecified atom stereocenters. The Kier molecular flexibility index (Phi) is 5.81. The van der Waals surface area contributed by atoms with Crippen LogP contribution in [0.4, 0.5) is 11.4 Å². The highest BCUT2D eigenvalue weighted by molar-refractivity contribution is 7.89. The number of anilines is 1. The van der Waals surface area contributed by atoms with Gasteiger partial charge in [-0.2, -0.15) is 9.41 Å². The van der Waals surface area contributed by atoms with Crippen LogP contribution in [0.15, 0.2) is 28.2 Å². The predicted octanol–water partition coefficient (Wildman–Crippen LogP) is 3.60. The Balaban J connectivity index is 1.89. The van der Waals surface area contributed by atoms with Gasteiger partial charge in [-0.15, -0.1) is 0 Å². The Morgan fingerprint density at radius 2 is 1.78 bits per heavy atom. The maximum atomic E-state index is 12.7. The van der Waals surface area contributed by atoms with Crippen LogP contribution in [0.1, 0.15) is 46.0 Å². The van der Waals surface area contributed by atoms with E-state index >= 15 is 0 Å². The average Bonchev–Trinajstić information content (AvgIpc) is 3.16. The van der Waals surface area contributed by atoms with Crippen LogP contribution in [-0.4, -0.2) is 36.4 Å². The molecule has 1 saturated heterocycles. The monoisotopic (exact) mass is 394 g/mol. The van der Waals surface area contributed by atoms with Gasteiger partial charge in [-0.05, 0) is 49.7 Å². The summed E-state index contributed by atoms with van der Waals surface area (Å²) in [6.07, 6.45) is 4.90. The van der Waals surface area contributed by atoms with Crippen molar-refractivity contribution in [3.63, 3.8) is 0 Å². The zero-order chi connectivity index (χ0) is 19.6. The minimum Gasteiger partial charge on any atom is -0.272 e. The molecule has 148 valence electrons. The summed E-state index contributed by atoms with van der Waals surface area (Å²) in [5.74, 6) is 0.658. The van der Waals surface area contributed by atoms with E-state index in [4.69, 9.17) is 0 Å². The molecule has 1 heterocycles. The van der Waals surface area contributed by atoms with E-state index in [1.807, 2.05) is 0 Å². The molecule has 1 aliphatic carbocycles. The Morgan fingerprint density at radius 1 is 1.15 bits per heavy atom. The van der Waals surface area contributed by atoms with Gasteiger partial charge in [0.25, 0.3) is 5.69 Å². The molecule has 8 nitrogen and oxygen atoms in total. The van der Waals surface area contributed by atoms with E-state index in [0.717, 1.165) is 43.9 Å². The maximum Gasteiger partial charge on any atom is 0.295 e. The van der Waals surface area contributed by atoms with Gasteiger partial charge in [0.05, 0.1) is 9.82 Å². The number of nitrogens with zero attached hydrogens (tertiary/aromatic N) is 3. The lowest BCUT2D eigenvalue weighted by molar-refractivity contribution is -0.384. The minimum absolute atomic E-state index is 0.0475. The Hall–Kier alpha value is -2.00. The number of hydrazone groups is 1. The lowest BCUT2D eigenvalue weighted by atomic mass is 9.81. The van der Waals surface area contributed by atoms with E-state index in [9.17, 15) is 18.5 Å². The van der Waals surface area contributed by atoms with Gasteiger partial charge in [0, 0.05) is 24.9 Å². The predicted molar refractivity (Wildman–Crippen MR) is 104 cm³/mol. The molecule has 2 fully saturated rings. The van der Waals surface area contributed by atoms with Crippen LogP contribution >= 0.6 is 0 Å². The molecule has 3 rings (SSSR count). The smallest absolute Gasteiger partial charge is 0.272 e. The first kappa shape index (κ1) is 19.8. The van der Waals surface area contributed by atoms with Crippen molar-refractivity contribution >= 4 is 27.1 Å². The van der Waals surface area contributed by atoms with Crippen molar-refractivity contribution in [1.82, 2.24) is 4.31 Å². The molecule has 0 radical (unpaired) electrons. The lowest BCUT2D eigenvalue weighted by Gasteiger charge is -2.26. The number of rotatable bonds is 5. The van der Waals surface area contributed by atoms with Gasteiger partial charge in [0.15, 0.2) is 0 Å². The number of nitro groups is 1. The molecule has 2 aliphatic rings. The molecule has 1 N–H and O–H groups in total. The van der Waals surface area contributed by atoms with Crippen molar-refractivity contribution < 1.29 is 13.3 Å². The normalized spacial score (nSPS) is 24.0. The maximum absolute atomic E-state index is 12.7. The standard InChI is InChI=1S/C18H26N4O4S/c1-13-6-5-7-14(2)18(13)20-19-16-9-8-15(12-17(16)22(23)24)27(25,26)21-10-3-4-11-21/h8-9,12-14,19H,3-7,10-11H2,1-2H3/t13-,14-/m0/s1. The summed E-state index contributed by atoms with van der Waals surface area (Å²) in [6.45, 7) is 5.13. The second-order valence-corrected chi connectivity index (χ2v) is 9.37. The lowest BCUT2D eigenvalue weighted by Crippen LogP contribution is -2.28. The highest BCUT2D eigenvalue weighted by Gasteiger charge is 2.30. The average molecular weight is 394 g/mol. The summed E-state index contributed by atoms with van der Waals surface area (Å²) in [6, 6.07) is 3.98. The van der Waals surface area contributed by atoms with Crippen LogP contribution in [-0.2, 0) is 10.0 Å². The number of sulfonamides is 1. The van der Waals surface area contributed by atoms with Gasteiger partial charge < -0.3 is 0 Å². The van der Waals surface area contributed by atoms with Crippen LogP contribution in [0.25, 0.3) is 0 Å². The number of hydrogen-bond acceptors (Lipinski definition) is 6. The molecule has 0 amide bonds. The van der Waals surface area contributed by atoms with Crippen LogP contribution in [0.2, 0.25) is 0 Å². The zero-order valence-corrected chi connectivity index (χ0v) is 16.5. The van der Waals surface area contributed by atoms with Gasteiger partial charge in [0.1, 0.15) is 5.69 Å². The van der Waals surface area contributed by atoms with E-state index < -0.39 is 14.9 Å². The fraction of sp³-hybridized carbons (Fsp3) is 0.611. The molecule has 2 atom stereocenters. The number of benzene rings is 1. The Labute approximate surface area is 159 Å². The topological polar surface area (TPSA) is 105 Å². The summed E-state index contributed by atoms with van der Waals surface area (Å²) < 4.78 is 26.7. The molecule has 1 aliphatic heterocycles. The van der Waals surface area contributed by atoms with Crippen molar-refractivity contribution in [1.29, 1.82) is 0 Å². The third-order valence-corrected chi connectivity index (χ3v) is 7.35. The second kappa shape index (κ2) is 7.93. The van der Waals surface area contributed by atoms with Gasteiger partial charge in [-0.1, -0.05) is 20.3 Å². The van der Waals surface area contributed by atoms with Gasteiger partial charge >= 0.3 is 0 Å². The summed E-state index contributed by atoms with van der Waals surface area (Å²) >= 11 is 0. The number of nitro benzene ring substituents is 1. The van der Waals surface area contributed by atoms with Gasteiger partial charge in [-0.3, -0.25) is 15.5 Å². The molecule has 27 heavy (non-hydrogen) atoms. The van der Waals surface area contributed by atoms with E-state index in [0.29, 0.717) is 24.9 Å². The van der Waals surface area contributed by atoms with Crippen molar-refractivity contribution in [3.8, 4) is 0 Å². The van der Waals surface area contributed by atoms with Crippen LogP contribution < -0.4 is 5.43 Å². The molecule has 0 bridgehead atoms. The molecular weight excluding hydrogens is 368 g/mol. The fourth-order valence-corrected chi connectivity index (χ4v) is 5.39.